The summed E-state index contributed by atoms with van der Waals surface area (Å²) in [4.78, 5) is 0. The number of hydrogen-bond donors (Lipinski definition) is 6. The molecule has 0 aliphatic carbocycles. The number of unbranched alkanes of at least 4 members (excludes halogenated alkanes) is 7. The molecule has 1 aliphatic heterocycles. The zero-order chi connectivity index (χ0) is 17.1. The lowest BCUT2D eigenvalue weighted by Crippen LogP contribution is -2.46. The van der Waals surface area contributed by atoms with E-state index in [1.54, 1.807) is 0 Å². The van der Waals surface area contributed by atoms with E-state index >= 15 is 0 Å². The van der Waals surface area contributed by atoms with Gasteiger partial charge in [0.05, 0.1) is 6.61 Å². The first-order chi connectivity index (χ1) is 11.0. The molecule has 1 rings (SSSR count). The molecule has 1 aliphatic rings. The van der Waals surface area contributed by atoms with Gasteiger partial charge in [0.25, 0.3) is 0 Å². The lowest BCUT2D eigenvalue weighted by Gasteiger charge is -2.22. The highest BCUT2D eigenvalue weighted by molar-refractivity contribution is 4.95. The van der Waals surface area contributed by atoms with Gasteiger partial charge in [-0.1, -0.05) is 38.5 Å². The molecular weight excluding hydrogens is 302 g/mol. The minimum Gasteiger partial charge on any atom is -0.396 e. The van der Waals surface area contributed by atoms with Gasteiger partial charge in [-0.15, -0.1) is 0 Å². The molecule has 0 aromatic heterocycles. The van der Waals surface area contributed by atoms with Crippen LogP contribution in [0.15, 0.2) is 0 Å². The van der Waals surface area contributed by atoms with Crippen molar-refractivity contribution in [2.75, 3.05) is 26.3 Å². The first-order valence-corrected chi connectivity index (χ1v) is 8.74. The van der Waals surface area contributed by atoms with Crippen molar-refractivity contribution in [2.24, 2.45) is 0 Å². The number of nitrogens with one attached hydrogen (secondary N) is 1. The Balaban J connectivity index is 1.97. The molecule has 0 bridgehead atoms. The first-order valence-electron chi connectivity index (χ1n) is 8.74. The Morgan fingerprint density at radius 2 is 1.43 bits per heavy atom. The highest BCUT2D eigenvalue weighted by Crippen LogP contribution is 2.28. The average Bonchev–Trinajstić information content (AvgIpc) is 2.77. The van der Waals surface area contributed by atoms with Gasteiger partial charge < -0.3 is 35.6 Å². The maximum absolute atomic E-state index is 9.78. The van der Waals surface area contributed by atoms with Gasteiger partial charge in [0.2, 0.25) is 5.79 Å². The Bertz CT molecular complexity index is 306. The van der Waals surface area contributed by atoms with Crippen LogP contribution >= 0.6 is 0 Å². The van der Waals surface area contributed by atoms with E-state index in [1.807, 2.05) is 0 Å². The summed E-state index contributed by atoms with van der Waals surface area (Å²) < 4.78 is 5.14. The summed E-state index contributed by atoms with van der Waals surface area (Å²) in [7, 11) is 0. The van der Waals surface area contributed by atoms with E-state index in [0.717, 1.165) is 32.2 Å². The van der Waals surface area contributed by atoms with Crippen LogP contribution in [-0.2, 0) is 4.74 Å². The van der Waals surface area contributed by atoms with E-state index in [9.17, 15) is 15.3 Å². The Morgan fingerprint density at radius 3 is 1.96 bits per heavy atom. The molecule has 6 N–H and O–H groups in total. The van der Waals surface area contributed by atoms with E-state index in [-0.39, 0.29) is 6.61 Å². The van der Waals surface area contributed by atoms with Crippen LogP contribution < -0.4 is 5.32 Å². The molecule has 7 heteroatoms. The summed E-state index contributed by atoms with van der Waals surface area (Å²) in [5.74, 6) is -2.07. The summed E-state index contributed by atoms with van der Waals surface area (Å²) >= 11 is 0. The Labute approximate surface area is 138 Å². The van der Waals surface area contributed by atoms with Gasteiger partial charge in [0, 0.05) is 13.2 Å². The lowest BCUT2D eigenvalue weighted by molar-refractivity contribution is -0.245. The lowest BCUT2D eigenvalue weighted by atomic mass is 10.1. The SMILES string of the molecule is OCCCCCCCCCCNC[C@@H]1O[C@](O)(CO)[C@@H](O)[C@@H]1O. The van der Waals surface area contributed by atoms with Crippen LogP contribution in [0.4, 0.5) is 0 Å². The number of aliphatic hydroxyl groups is 5. The predicted octanol–water partition coefficient (Wildman–Crippen LogP) is -0.509. The Kier molecular flexibility index (Phi) is 10.2. The standard InChI is InChI=1S/C16H33NO6/c18-10-8-6-4-2-1-3-5-7-9-17-11-13-14(20)15(21)16(22,12-19)23-13/h13-15,17-22H,1-12H2/t13-,14+,15-,16+/m0/s1. The van der Waals surface area contributed by atoms with Crippen molar-refractivity contribution >= 4 is 0 Å². The number of hydrogen-bond acceptors (Lipinski definition) is 7. The minimum absolute atomic E-state index is 0.289. The van der Waals surface area contributed by atoms with E-state index < -0.39 is 30.7 Å². The molecule has 7 nitrogen and oxygen atoms in total. The van der Waals surface area contributed by atoms with E-state index in [0.29, 0.717) is 6.54 Å². The Hall–Kier alpha value is -0.280. The number of aliphatic hydroxyl groups excluding tert-OH is 4. The molecule has 0 saturated carbocycles. The molecule has 23 heavy (non-hydrogen) atoms. The fraction of sp³-hybridized carbons (Fsp3) is 1.00. The average molecular weight is 335 g/mol. The smallest absolute Gasteiger partial charge is 0.219 e. The maximum Gasteiger partial charge on any atom is 0.219 e. The van der Waals surface area contributed by atoms with Gasteiger partial charge in [-0.25, -0.2) is 0 Å². The highest BCUT2D eigenvalue weighted by Gasteiger charge is 2.52. The third-order valence-electron chi connectivity index (χ3n) is 4.36. The molecule has 0 aromatic rings. The van der Waals surface area contributed by atoms with Gasteiger partial charge in [-0.3, -0.25) is 0 Å². The van der Waals surface area contributed by atoms with Crippen LogP contribution in [0.3, 0.4) is 0 Å². The van der Waals surface area contributed by atoms with Gasteiger partial charge in [0.1, 0.15) is 18.3 Å². The number of rotatable bonds is 13. The van der Waals surface area contributed by atoms with Crippen molar-refractivity contribution in [1.29, 1.82) is 0 Å². The van der Waals surface area contributed by atoms with Gasteiger partial charge >= 0.3 is 0 Å². The predicted molar refractivity (Wildman–Crippen MR) is 85.8 cm³/mol. The van der Waals surface area contributed by atoms with E-state index in [2.05, 4.69) is 5.32 Å². The van der Waals surface area contributed by atoms with Gasteiger partial charge in [0.15, 0.2) is 0 Å². The van der Waals surface area contributed by atoms with Crippen LogP contribution in [0.2, 0.25) is 0 Å². The van der Waals surface area contributed by atoms with Crippen molar-refractivity contribution < 1.29 is 30.3 Å². The fourth-order valence-electron chi connectivity index (χ4n) is 2.83. The van der Waals surface area contributed by atoms with Crippen molar-refractivity contribution in [1.82, 2.24) is 5.32 Å². The quantitative estimate of drug-likeness (QED) is 0.251. The molecule has 0 spiro atoms. The van der Waals surface area contributed by atoms with Crippen molar-refractivity contribution in [3.8, 4) is 0 Å². The molecule has 0 radical (unpaired) electrons. The first kappa shape index (κ1) is 20.8. The molecular formula is C16H33NO6. The summed E-state index contributed by atoms with van der Waals surface area (Å²) in [6.07, 6.45) is 5.53. The molecule has 1 saturated heterocycles. The van der Waals surface area contributed by atoms with Crippen molar-refractivity contribution in [2.45, 2.75) is 75.5 Å². The molecule has 0 aromatic carbocycles. The summed E-state index contributed by atoms with van der Waals surface area (Å²) in [6, 6.07) is 0. The third kappa shape index (κ3) is 7.01. The normalized spacial score (nSPS) is 30.9. The van der Waals surface area contributed by atoms with Crippen LogP contribution in [0.5, 0.6) is 0 Å². The zero-order valence-electron chi connectivity index (χ0n) is 13.9. The van der Waals surface area contributed by atoms with Crippen molar-refractivity contribution in [3.05, 3.63) is 0 Å². The van der Waals surface area contributed by atoms with E-state index in [1.165, 1.54) is 25.7 Å². The second kappa shape index (κ2) is 11.3. The van der Waals surface area contributed by atoms with Gasteiger partial charge in [-0.2, -0.15) is 0 Å². The molecule has 0 unspecified atom stereocenters. The molecule has 4 atom stereocenters. The largest absolute Gasteiger partial charge is 0.396 e. The monoisotopic (exact) mass is 335 g/mol. The summed E-state index contributed by atoms with van der Waals surface area (Å²) in [5.41, 5.74) is 0. The summed E-state index contributed by atoms with van der Waals surface area (Å²) in [5, 5.41) is 50.0. The van der Waals surface area contributed by atoms with Gasteiger partial charge in [-0.05, 0) is 19.4 Å². The highest BCUT2D eigenvalue weighted by atomic mass is 16.7. The summed E-state index contributed by atoms with van der Waals surface area (Å²) in [6.45, 7) is 0.643. The van der Waals surface area contributed by atoms with E-state index in [4.69, 9.17) is 14.9 Å². The van der Waals surface area contributed by atoms with Crippen LogP contribution in [-0.4, -0.2) is 75.9 Å². The minimum atomic E-state index is -2.07. The molecule has 1 heterocycles. The topological polar surface area (TPSA) is 122 Å². The fourth-order valence-corrected chi connectivity index (χ4v) is 2.83. The van der Waals surface area contributed by atoms with Crippen LogP contribution in [0.25, 0.3) is 0 Å². The molecule has 0 amide bonds. The van der Waals surface area contributed by atoms with Crippen LogP contribution in [0, 0.1) is 0 Å². The Morgan fingerprint density at radius 1 is 0.870 bits per heavy atom. The van der Waals surface area contributed by atoms with Crippen LogP contribution in [0.1, 0.15) is 51.4 Å². The van der Waals surface area contributed by atoms with Crippen molar-refractivity contribution in [3.63, 3.8) is 0 Å². The number of ether oxygens (including phenoxy) is 1. The second-order valence-electron chi connectivity index (χ2n) is 6.35. The second-order valence-corrected chi connectivity index (χ2v) is 6.35. The third-order valence-corrected chi connectivity index (χ3v) is 4.36. The molecule has 138 valence electrons. The zero-order valence-corrected chi connectivity index (χ0v) is 13.9. The molecule has 1 fully saturated rings. The maximum atomic E-state index is 9.78.